The van der Waals surface area contributed by atoms with E-state index in [-0.39, 0.29) is 5.54 Å². The van der Waals surface area contributed by atoms with Gasteiger partial charge >= 0.3 is 6.18 Å². The predicted octanol–water partition coefficient (Wildman–Crippen LogP) is 2.75. The van der Waals surface area contributed by atoms with E-state index in [9.17, 15) is 13.2 Å². The van der Waals surface area contributed by atoms with E-state index in [1.807, 2.05) is 20.6 Å². The molecule has 0 aromatic carbocycles. The number of fused-ring (bicyclic) bond motifs is 1. The largest absolute Gasteiger partial charge is 0.434 e. The lowest BCUT2D eigenvalue weighted by molar-refractivity contribution is -0.141. The molecule has 0 amide bonds. The third-order valence-electron chi connectivity index (χ3n) is 4.99. The van der Waals surface area contributed by atoms with Gasteiger partial charge in [0, 0.05) is 5.54 Å². The summed E-state index contributed by atoms with van der Waals surface area (Å²) in [6.45, 7) is 8.22. The Morgan fingerprint density at radius 2 is 1.88 bits per heavy atom. The fourth-order valence-electron chi connectivity index (χ4n) is 3.63. The van der Waals surface area contributed by atoms with Gasteiger partial charge in [-0.25, -0.2) is 9.97 Å². The highest BCUT2D eigenvalue weighted by atomic mass is 19.4. The number of hydrogen-bond donors (Lipinski definition) is 2. The molecule has 3 fully saturated rings. The Labute approximate surface area is 139 Å². The second-order valence-corrected chi connectivity index (χ2v) is 6.16. The van der Waals surface area contributed by atoms with Crippen molar-refractivity contribution in [2.24, 2.45) is 17.8 Å². The van der Waals surface area contributed by atoms with Gasteiger partial charge in [0.15, 0.2) is 5.69 Å². The van der Waals surface area contributed by atoms with Crippen LogP contribution in [0.3, 0.4) is 0 Å². The van der Waals surface area contributed by atoms with Gasteiger partial charge in [-0.15, -0.1) is 0 Å². The van der Waals surface area contributed by atoms with Gasteiger partial charge in [0.25, 0.3) is 0 Å². The van der Waals surface area contributed by atoms with E-state index >= 15 is 0 Å². The van der Waals surface area contributed by atoms with Crippen molar-refractivity contribution in [3.63, 3.8) is 0 Å². The maximum absolute atomic E-state index is 12.4. The molecule has 24 heavy (non-hydrogen) atoms. The van der Waals surface area contributed by atoms with E-state index in [1.54, 1.807) is 0 Å². The molecule has 1 aromatic rings. The molecular formula is C16H23F3N4O. The van der Waals surface area contributed by atoms with E-state index in [2.05, 4.69) is 20.6 Å². The smallest absolute Gasteiger partial charge is 0.363 e. The first-order chi connectivity index (χ1) is 11.5. The molecule has 134 valence electrons. The fraction of sp³-hybridized carbons (Fsp3) is 0.688. The van der Waals surface area contributed by atoms with E-state index in [1.165, 1.54) is 6.20 Å². The van der Waals surface area contributed by atoms with Gasteiger partial charge in [0.1, 0.15) is 12.6 Å². The number of halogens is 3. The third-order valence-corrected chi connectivity index (χ3v) is 4.99. The van der Waals surface area contributed by atoms with Crippen LogP contribution in [0.4, 0.5) is 19.0 Å². The molecule has 3 atom stereocenters. The van der Waals surface area contributed by atoms with Gasteiger partial charge in [-0.2, -0.15) is 13.2 Å². The molecule has 2 saturated carbocycles. The summed E-state index contributed by atoms with van der Waals surface area (Å²) in [5, 5.41) is 6.56. The maximum Gasteiger partial charge on any atom is 0.434 e. The van der Waals surface area contributed by atoms with Crippen LogP contribution in [0.5, 0.6) is 0 Å². The van der Waals surface area contributed by atoms with Gasteiger partial charge in [-0.1, -0.05) is 13.8 Å². The van der Waals surface area contributed by atoms with Gasteiger partial charge in [0.2, 0.25) is 0 Å². The second kappa shape index (κ2) is 7.04. The molecule has 1 aromatic heterocycles. The van der Waals surface area contributed by atoms with Crippen LogP contribution in [0.25, 0.3) is 0 Å². The van der Waals surface area contributed by atoms with Crippen LogP contribution in [0, 0.1) is 17.8 Å². The summed E-state index contributed by atoms with van der Waals surface area (Å²) in [7, 11) is 0. The predicted molar refractivity (Wildman–Crippen MR) is 84.4 cm³/mol. The molecule has 0 radical (unpaired) electrons. The molecule has 3 aliphatic rings. The van der Waals surface area contributed by atoms with E-state index in [4.69, 9.17) is 4.79 Å². The lowest BCUT2D eigenvalue weighted by Gasteiger charge is -2.44. The van der Waals surface area contributed by atoms with E-state index < -0.39 is 11.9 Å². The Bertz CT molecular complexity index is 547. The fourth-order valence-corrected chi connectivity index (χ4v) is 3.63. The van der Waals surface area contributed by atoms with Crippen molar-refractivity contribution < 1.29 is 18.0 Å². The quantitative estimate of drug-likeness (QED) is 0.883. The second-order valence-electron chi connectivity index (χ2n) is 6.16. The van der Waals surface area contributed by atoms with Gasteiger partial charge in [-0.3, -0.25) is 0 Å². The van der Waals surface area contributed by atoms with E-state index in [0.717, 1.165) is 44.0 Å². The summed E-state index contributed by atoms with van der Waals surface area (Å²) in [6.07, 6.45) is -0.234. The lowest BCUT2D eigenvalue weighted by atomic mass is 9.70. The number of rotatable bonds is 3. The molecule has 1 saturated heterocycles. The average Bonchev–Trinajstić information content (AvgIpc) is 3.11. The summed E-state index contributed by atoms with van der Waals surface area (Å²) in [6, 6.07) is 0. The Morgan fingerprint density at radius 3 is 2.29 bits per heavy atom. The first kappa shape index (κ1) is 18.6. The first-order valence-electron chi connectivity index (χ1n) is 8.15. The zero-order valence-electron chi connectivity index (χ0n) is 13.9. The zero-order chi connectivity index (χ0) is 18.0. The number of hydrogen-bond acceptors (Lipinski definition) is 5. The van der Waals surface area contributed by atoms with Crippen molar-refractivity contribution in [1.82, 2.24) is 15.3 Å². The molecular weight excluding hydrogens is 321 g/mol. The molecule has 0 bridgehead atoms. The summed E-state index contributed by atoms with van der Waals surface area (Å²) < 4.78 is 37.2. The summed E-state index contributed by atoms with van der Waals surface area (Å²) >= 11 is 0. The average molecular weight is 344 g/mol. The molecule has 2 N–H and O–H groups in total. The molecule has 8 heteroatoms. The Kier molecular flexibility index (Phi) is 5.47. The van der Waals surface area contributed by atoms with Crippen LogP contribution in [0.15, 0.2) is 12.4 Å². The van der Waals surface area contributed by atoms with Crippen molar-refractivity contribution >= 4 is 12.6 Å². The number of nitrogens with zero attached hydrogens (tertiary/aromatic N) is 2. The molecule has 3 unspecified atom stereocenters. The van der Waals surface area contributed by atoms with Crippen molar-refractivity contribution in [2.45, 2.75) is 38.4 Å². The highest BCUT2D eigenvalue weighted by molar-refractivity contribution is 5.44. The molecule has 0 spiro atoms. The number of alkyl halides is 3. The normalized spacial score (nSPS) is 30.2. The highest BCUT2D eigenvalue weighted by Gasteiger charge is 2.69. The highest BCUT2D eigenvalue weighted by Crippen LogP contribution is 2.67. The van der Waals surface area contributed by atoms with Gasteiger partial charge < -0.3 is 15.4 Å². The molecule has 5 nitrogen and oxygen atoms in total. The summed E-state index contributed by atoms with van der Waals surface area (Å²) in [5.74, 6) is 2.67. The van der Waals surface area contributed by atoms with Crippen molar-refractivity contribution in [2.75, 3.05) is 18.4 Å². The minimum Gasteiger partial charge on any atom is -0.363 e. The van der Waals surface area contributed by atoms with Gasteiger partial charge in [-0.05, 0) is 43.7 Å². The maximum atomic E-state index is 12.4. The van der Waals surface area contributed by atoms with Crippen LogP contribution < -0.4 is 10.6 Å². The minimum atomic E-state index is -4.43. The number of anilines is 1. The van der Waals surface area contributed by atoms with Crippen LogP contribution in [-0.2, 0) is 11.0 Å². The number of carbonyl (C=O) groups is 1. The molecule has 1 aliphatic heterocycles. The number of carbonyl (C=O) groups excluding carboxylic acids is 1. The lowest BCUT2D eigenvalue weighted by Crippen LogP contribution is -2.53. The third kappa shape index (κ3) is 3.38. The Hall–Kier alpha value is -1.70. The summed E-state index contributed by atoms with van der Waals surface area (Å²) in [5.41, 5.74) is -0.853. The van der Waals surface area contributed by atoms with Crippen LogP contribution in [-0.4, -0.2) is 35.4 Å². The van der Waals surface area contributed by atoms with Gasteiger partial charge in [0.05, 0.1) is 12.4 Å². The molecule has 2 aliphatic carbocycles. The number of aromatic nitrogens is 2. The number of nitrogens with one attached hydrogen (secondary N) is 2. The van der Waals surface area contributed by atoms with Crippen LogP contribution >= 0.6 is 0 Å². The summed E-state index contributed by atoms with van der Waals surface area (Å²) in [4.78, 5) is 15.3. The van der Waals surface area contributed by atoms with Crippen LogP contribution in [0.2, 0.25) is 0 Å². The Balaban J connectivity index is 0.000000487. The first-order valence-corrected chi connectivity index (χ1v) is 8.15. The van der Waals surface area contributed by atoms with Crippen molar-refractivity contribution in [1.29, 1.82) is 0 Å². The monoisotopic (exact) mass is 344 g/mol. The topological polar surface area (TPSA) is 66.9 Å². The van der Waals surface area contributed by atoms with Crippen molar-refractivity contribution in [3.05, 3.63) is 18.1 Å². The van der Waals surface area contributed by atoms with Crippen molar-refractivity contribution in [3.8, 4) is 0 Å². The SMILES string of the molecule is C=O.CC.FC(F)(F)c1cnc(NC23CC(C4CNC4)C2C3)cn1. The Morgan fingerprint density at radius 1 is 1.21 bits per heavy atom. The molecule has 2 heterocycles. The zero-order valence-corrected chi connectivity index (χ0v) is 13.9. The standard InChI is InChI=1S/C13H15F3N4.C2H6.CH2O/c14-13(15,16)10-5-19-11(6-18-10)20-12-1-8(9(12)2-12)7-3-17-4-7;2*1-2/h5-9,17H,1-4H2,(H,19,20);1-2H3;1H2. The van der Waals surface area contributed by atoms with Crippen LogP contribution in [0.1, 0.15) is 32.4 Å². The molecule has 4 rings (SSSR count). The van der Waals surface area contributed by atoms with E-state index in [0.29, 0.717) is 11.7 Å². The minimum absolute atomic E-state index is 0.0920.